The Hall–Kier alpha value is -0.0800. The van der Waals surface area contributed by atoms with E-state index in [1.54, 1.807) is 0 Å². The van der Waals surface area contributed by atoms with Crippen LogP contribution in [0.2, 0.25) is 0 Å². The fourth-order valence-electron chi connectivity index (χ4n) is 2.09. The molecule has 0 saturated carbocycles. The lowest BCUT2D eigenvalue weighted by Gasteiger charge is -2.35. The fourth-order valence-corrected chi connectivity index (χ4v) is 2.09. The molecule has 0 bridgehead atoms. The average Bonchev–Trinajstić information content (AvgIpc) is 1.81. The first-order valence-electron chi connectivity index (χ1n) is 4.98. The largest absolute Gasteiger partial charge is 0.392 e. The normalized spacial score (nSPS) is 32.8. The lowest BCUT2D eigenvalue weighted by Crippen LogP contribution is -2.43. The van der Waals surface area contributed by atoms with Gasteiger partial charge in [-0.2, -0.15) is 0 Å². The first-order chi connectivity index (χ1) is 5.58. The SMILES string of the molecule is CC(C)CN1C[C@@H](C)C[C@@H](O)C1. The van der Waals surface area contributed by atoms with Gasteiger partial charge in [0.05, 0.1) is 6.10 Å². The van der Waals surface area contributed by atoms with Crippen LogP contribution in [0.15, 0.2) is 0 Å². The first kappa shape index (κ1) is 10.0. The maximum Gasteiger partial charge on any atom is 0.0670 e. The number of rotatable bonds is 2. The third kappa shape index (κ3) is 3.11. The van der Waals surface area contributed by atoms with Crippen LogP contribution in [0.4, 0.5) is 0 Å². The standard InChI is InChI=1S/C10H21NO/c1-8(2)5-11-6-9(3)4-10(12)7-11/h8-10,12H,4-7H2,1-3H3/t9-,10+/m0/s1. The van der Waals surface area contributed by atoms with Crippen molar-refractivity contribution in [3.05, 3.63) is 0 Å². The highest BCUT2D eigenvalue weighted by Gasteiger charge is 2.22. The maximum atomic E-state index is 9.52. The summed E-state index contributed by atoms with van der Waals surface area (Å²) in [5.41, 5.74) is 0. The van der Waals surface area contributed by atoms with Crippen molar-refractivity contribution in [2.24, 2.45) is 11.8 Å². The van der Waals surface area contributed by atoms with Crippen molar-refractivity contribution in [3.8, 4) is 0 Å². The molecule has 12 heavy (non-hydrogen) atoms. The van der Waals surface area contributed by atoms with E-state index in [2.05, 4.69) is 25.7 Å². The molecule has 0 aromatic heterocycles. The molecule has 0 aromatic rings. The molecule has 2 nitrogen and oxygen atoms in total. The van der Waals surface area contributed by atoms with Gasteiger partial charge in [0.2, 0.25) is 0 Å². The van der Waals surface area contributed by atoms with E-state index in [0.717, 1.165) is 26.1 Å². The number of piperidine rings is 1. The van der Waals surface area contributed by atoms with E-state index in [1.807, 2.05) is 0 Å². The number of β-amino-alcohol motifs (C(OH)–C–C–N with tert-alkyl or cyclic N) is 1. The molecule has 0 unspecified atom stereocenters. The highest BCUT2D eigenvalue weighted by Crippen LogP contribution is 2.16. The summed E-state index contributed by atoms with van der Waals surface area (Å²) in [6.45, 7) is 9.84. The van der Waals surface area contributed by atoms with Crippen molar-refractivity contribution in [2.75, 3.05) is 19.6 Å². The van der Waals surface area contributed by atoms with Crippen LogP contribution in [0.5, 0.6) is 0 Å². The Kier molecular flexibility index (Phi) is 3.53. The second-order valence-corrected chi connectivity index (χ2v) is 4.61. The molecule has 1 aliphatic rings. The van der Waals surface area contributed by atoms with Crippen LogP contribution in [-0.2, 0) is 0 Å². The highest BCUT2D eigenvalue weighted by molar-refractivity contribution is 4.76. The molecule has 2 heteroatoms. The smallest absolute Gasteiger partial charge is 0.0670 e. The van der Waals surface area contributed by atoms with Crippen molar-refractivity contribution in [1.82, 2.24) is 4.90 Å². The molecular weight excluding hydrogens is 150 g/mol. The van der Waals surface area contributed by atoms with Gasteiger partial charge < -0.3 is 10.0 Å². The molecule has 0 aromatic carbocycles. The Bertz CT molecular complexity index is 123. The van der Waals surface area contributed by atoms with Gasteiger partial charge in [0.25, 0.3) is 0 Å². The summed E-state index contributed by atoms with van der Waals surface area (Å²) in [5, 5.41) is 9.52. The predicted octanol–water partition coefficient (Wildman–Crippen LogP) is 1.35. The molecular formula is C10H21NO. The molecule has 0 spiro atoms. The predicted molar refractivity (Wildman–Crippen MR) is 51.1 cm³/mol. The van der Waals surface area contributed by atoms with E-state index in [-0.39, 0.29) is 6.10 Å². The molecule has 72 valence electrons. The van der Waals surface area contributed by atoms with E-state index in [9.17, 15) is 5.11 Å². The van der Waals surface area contributed by atoms with Crippen LogP contribution in [0, 0.1) is 11.8 Å². The third-order valence-electron chi connectivity index (χ3n) is 2.34. The van der Waals surface area contributed by atoms with Gasteiger partial charge in [-0.05, 0) is 18.3 Å². The number of aliphatic hydroxyl groups is 1. The molecule has 0 amide bonds. The monoisotopic (exact) mass is 171 g/mol. The minimum atomic E-state index is -0.0903. The Morgan fingerprint density at radius 1 is 1.42 bits per heavy atom. The summed E-state index contributed by atoms with van der Waals surface area (Å²) in [4.78, 5) is 2.38. The van der Waals surface area contributed by atoms with Crippen LogP contribution < -0.4 is 0 Å². The van der Waals surface area contributed by atoms with Crippen molar-refractivity contribution in [1.29, 1.82) is 0 Å². The summed E-state index contributed by atoms with van der Waals surface area (Å²) in [6.07, 6.45) is 0.890. The van der Waals surface area contributed by atoms with Crippen LogP contribution in [0.25, 0.3) is 0 Å². The molecule has 1 aliphatic heterocycles. The molecule has 1 saturated heterocycles. The van der Waals surface area contributed by atoms with Crippen LogP contribution in [0.3, 0.4) is 0 Å². The minimum absolute atomic E-state index is 0.0903. The van der Waals surface area contributed by atoms with Crippen LogP contribution in [-0.4, -0.2) is 35.7 Å². The number of hydrogen-bond donors (Lipinski definition) is 1. The number of hydrogen-bond acceptors (Lipinski definition) is 2. The van der Waals surface area contributed by atoms with Gasteiger partial charge in [-0.3, -0.25) is 0 Å². The maximum absolute atomic E-state index is 9.52. The van der Waals surface area contributed by atoms with Gasteiger partial charge in [-0.15, -0.1) is 0 Å². The fraction of sp³-hybridized carbons (Fsp3) is 1.00. The number of likely N-dealkylation sites (tertiary alicyclic amines) is 1. The Morgan fingerprint density at radius 2 is 2.08 bits per heavy atom. The first-order valence-corrected chi connectivity index (χ1v) is 4.98. The van der Waals surface area contributed by atoms with E-state index in [0.29, 0.717) is 11.8 Å². The Labute approximate surface area is 75.6 Å². The lowest BCUT2D eigenvalue weighted by atomic mass is 9.97. The average molecular weight is 171 g/mol. The number of nitrogens with zero attached hydrogens (tertiary/aromatic N) is 1. The van der Waals surface area contributed by atoms with E-state index >= 15 is 0 Å². The zero-order chi connectivity index (χ0) is 9.14. The second kappa shape index (κ2) is 4.24. The molecule has 0 radical (unpaired) electrons. The Morgan fingerprint density at radius 3 is 2.58 bits per heavy atom. The highest BCUT2D eigenvalue weighted by atomic mass is 16.3. The minimum Gasteiger partial charge on any atom is -0.392 e. The molecule has 2 atom stereocenters. The van der Waals surface area contributed by atoms with E-state index < -0.39 is 0 Å². The van der Waals surface area contributed by atoms with Gasteiger partial charge in [0, 0.05) is 19.6 Å². The van der Waals surface area contributed by atoms with Crippen molar-refractivity contribution in [2.45, 2.75) is 33.3 Å². The molecule has 1 heterocycles. The van der Waals surface area contributed by atoms with Crippen molar-refractivity contribution < 1.29 is 5.11 Å². The topological polar surface area (TPSA) is 23.5 Å². The van der Waals surface area contributed by atoms with Crippen LogP contribution >= 0.6 is 0 Å². The summed E-state index contributed by atoms with van der Waals surface area (Å²) >= 11 is 0. The van der Waals surface area contributed by atoms with Crippen molar-refractivity contribution >= 4 is 0 Å². The van der Waals surface area contributed by atoms with Crippen LogP contribution in [0.1, 0.15) is 27.2 Å². The molecule has 1 N–H and O–H groups in total. The summed E-state index contributed by atoms with van der Waals surface area (Å²) in [5.74, 6) is 1.37. The van der Waals surface area contributed by atoms with E-state index in [1.165, 1.54) is 0 Å². The van der Waals surface area contributed by atoms with Gasteiger partial charge in [0.15, 0.2) is 0 Å². The van der Waals surface area contributed by atoms with Gasteiger partial charge in [0.1, 0.15) is 0 Å². The van der Waals surface area contributed by atoms with E-state index in [4.69, 9.17) is 0 Å². The molecule has 1 fully saturated rings. The quantitative estimate of drug-likeness (QED) is 0.678. The van der Waals surface area contributed by atoms with Crippen molar-refractivity contribution in [3.63, 3.8) is 0 Å². The zero-order valence-corrected chi connectivity index (χ0v) is 8.45. The van der Waals surface area contributed by atoms with Gasteiger partial charge in [-0.1, -0.05) is 20.8 Å². The summed E-state index contributed by atoms with van der Waals surface area (Å²) < 4.78 is 0. The summed E-state index contributed by atoms with van der Waals surface area (Å²) in [7, 11) is 0. The summed E-state index contributed by atoms with van der Waals surface area (Å²) in [6, 6.07) is 0. The third-order valence-corrected chi connectivity index (χ3v) is 2.34. The molecule has 0 aliphatic carbocycles. The van der Waals surface area contributed by atoms with Gasteiger partial charge in [-0.25, -0.2) is 0 Å². The zero-order valence-electron chi connectivity index (χ0n) is 8.45. The number of aliphatic hydroxyl groups excluding tert-OH is 1. The Balaban J connectivity index is 2.34. The molecule has 1 rings (SSSR count). The second-order valence-electron chi connectivity index (χ2n) is 4.61. The van der Waals surface area contributed by atoms with Gasteiger partial charge >= 0.3 is 0 Å². The lowest BCUT2D eigenvalue weighted by molar-refractivity contribution is 0.0393.